The molecule has 0 bridgehead atoms. The van der Waals surface area contributed by atoms with E-state index in [4.69, 9.17) is 5.73 Å². The van der Waals surface area contributed by atoms with Crippen LogP contribution in [0, 0.1) is 11.8 Å². The van der Waals surface area contributed by atoms with Gasteiger partial charge in [0, 0.05) is 31.0 Å². The van der Waals surface area contributed by atoms with Crippen molar-refractivity contribution in [3.63, 3.8) is 0 Å². The van der Waals surface area contributed by atoms with Gasteiger partial charge in [-0.25, -0.2) is 0 Å². The van der Waals surface area contributed by atoms with Crippen LogP contribution in [0.25, 0.3) is 0 Å². The third-order valence-corrected chi connectivity index (χ3v) is 3.84. The van der Waals surface area contributed by atoms with Gasteiger partial charge in [-0.1, -0.05) is 13.8 Å². The normalized spacial score (nSPS) is 27.3. The fourth-order valence-electron chi connectivity index (χ4n) is 2.60. The first-order valence-corrected chi connectivity index (χ1v) is 6.71. The molecule has 1 fully saturated rings. The molecule has 4 heteroatoms. The monoisotopic (exact) mass is 242 g/mol. The second-order valence-corrected chi connectivity index (χ2v) is 5.25. The highest BCUT2D eigenvalue weighted by Crippen LogP contribution is 2.22. The lowest BCUT2D eigenvalue weighted by atomic mass is 9.89. The first-order valence-electron chi connectivity index (χ1n) is 6.71. The van der Waals surface area contributed by atoms with Crippen LogP contribution in [0.3, 0.4) is 0 Å². The minimum Gasteiger partial charge on any atom is -0.393 e. The van der Waals surface area contributed by atoms with Gasteiger partial charge in [-0.15, -0.1) is 0 Å². The summed E-state index contributed by atoms with van der Waals surface area (Å²) < 4.78 is 0. The van der Waals surface area contributed by atoms with E-state index in [1.807, 2.05) is 18.7 Å². The maximum absolute atomic E-state index is 12.3. The molecule has 1 aliphatic rings. The van der Waals surface area contributed by atoms with E-state index >= 15 is 0 Å². The largest absolute Gasteiger partial charge is 0.393 e. The van der Waals surface area contributed by atoms with Gasteiger partial charge in [0.2, 0.25) is 5.91 Å². The molecule has 1 rings (SSSR count). The fourth-order valence-corrected chi connectivity index (χ4v) is 2.60. The number of rotatable bonds is 4. The van der Waals surface area contributed by atoms with Gasteiger partial charge in [0.25, 0.3) is 0 Å². The van der Waals surface area contributed by atoms with Crippen LogP contribution in [0.1, 0.15) is 40.0 Å². The van der Waals surface area contributed by atoms with E-state index in [9.17, 15) is 9.90 Å². The lowest BCUT2D eigenvalue weighted by molar-refractivity contribution is -0.138. The van der Waals surface area contributed by atoms with E-state index in [2.05, 4.69) is 0 Å². The fraction of sp³-hybridized carbons (Fsp3) is 0.923. The van der Waals surface area contributed by atoms with Crippen molar-refractivity contribution in [3.8, 4) is 0 Å². The Morgan fingerprint density at radius 3 is 2.47 bits per heavy atom. The van der Waals surface area contributed by atoms with Crippen molar-refractivity contribution < 1.29 is 9.90 Å². The molecule has 4 nitrogen and oxygen atoms in total. The molecule has 3 atom stereocenters. The molecule has 100 valence electrons. The number of carbonyl (C=O) groups excluding carboxylic acids is 1. The zero-order valence-corrected chi connectivity index (χ0v) is 11.2. The Kier molecular flexibility index (Phi) is 5.40. The van der Waals surface area contributed by atoms with Gasteiger partial charge in [0.15, 0.2) is 0 Å². The molecule has 1 saturated heterocycles. The second kappa shape index (κ2) is 6.36. The van der Waals surface area contributed by atoms with Crippen LogP contribution < -0.4 is 5.73 Å². The molecule has 1 heterocycles. The van der Waals surface area contributed by atoms with Gasteiger partial charge in [-0.2, -0.15) is 0 Å². The van der Waals surface area contributed by atoms with Gasteiger partial charge >= 0.3 is 0 Å². The van der Waals surface area contributed by atoms with Crippen LogP contribution in [-0.4, -0.2) is 41.1 Å². The summed E-state index contributed by atoms with van der Waals surface area (Å²) in [6, 6.07) is 0.00154. The Morgan fingerprint density at radius 1 is 1.41 bits per heavy atom. The van der Waals surface area contributed by atoms with E-state index < -0.39 is 6.10 Å². The molecule has 0 aromatic rings. The van der Waals surface area contributed by atoms with Crippen molar-refractivity contribution in [1.82, 2.24) is 4.90 Å². The molecule has 17 heavy (non-hydrogen) atoms. The average Bonchev–Trinajstić information content (AvgIpc) is 2.29. The standard InChI is InChI=1S/C13H26N2O2/c1-4-10(5-2)13(17)15-7-11(9(3)16)6-12(14)8-15/h9-12,16H,4-8,14H2,1-3H3. The zero-order valence-electron chi connectivity index (χ0n) is 11.2. The summed E-state index contributed by atoms with van der Waals surface area (Å²) in [6.45, 7) is 7.16. The minimum absolute atomic E-state index is 0.00154. The number of piperidine rings is 1. The van der Waals surface area contributed by atoms with Crippen molar-refractivity contribution in [2.24, 2.45) is 17.6 Å². The summed E-state index contributed by atoms with van der Waals surface area (Å²) in [6.07, 6.45) is 2.17. The highest BCUT2D eigenvalue weighted by Gasteiger charge is 2.32. The van der Waals surface area contributed by atoms with Gasteiger partial charge < -0.3 is 15.7 Å². The van der Waals surface area contributed by atoms with Gasteiger partial charge in [0.1, 0.15) is 0 Å². The lowest BCUT2D eigenvalue weighted by Crippen LogP contribution is -2.52. The Hall–Kier alpha value is -0.610. The molecule has 0 radical (unpaired) electrons. The Labute approximate surface area is 104 Å². The molecule has 0 saturated carbocycles. The number of amides is 1. The SMILES string of the molecule is CCC(CC)C(=O)N1CC(N)CC(C(C)O)C1. The first kappa shape index (κ1) is 14.5. The summed E-state index contributed by atoms with van der Waals surface area (Å²) in [5.74, 6) is 0.433. The predicted molar refractivity (Wildman–Crippen MR) is 68.4 cm³/mol. The van der Waals surface area contributed by atoms with Crippen molar-refractivity contribution in [2.45, 2.75) is 52.2 Å². The molecule has 1 aliphatic heterocycles. The van der Waals surface area contributed by atoms with Crippen LogP contribution in [0.5, 0.6) is 0 Å². The van der Waals surface area contributed by atoms with E-state index in [0.717, 1.165) is 19.3 Å². The van der Waals surface area contributed by atoms with Crippen molar-refractivity contribution in [3.05, 3.63) is 0 Å². The van der Waals surface area contributed by atoms with E-state index in [1.54, 1.807) is 6.92 Å². The molecule has 0 aromatic heterocycles. The van der Waals surface area contributed by atoms with Crippen molar-refractivity contribution in [1.29, 1.82) is 0 Å². The van der Waals surface area contributed by atoms with Crippen LogP contribution in [0.15, 0.2) is 0 Å². The van der Waals surface area contributed by atoms with Gasteiger partial charge in [-0.3, -0.25) is 4.79 Å². The number of hydrogen-bond donors (Lipinski definition) is 2. The predicted octanol–water partition coefficient (Wildman–Crippen LogP) is 0.979. The summed E-state index contributed by atoms with van der Waals surface area (Å²) in [7, 11) is 0. The van der Waals surface area contributed by atoms with Crippen LogP contribution >= 0.6 is 0 Å². The van der Waals surface area contributed by atoms with Crippen LogP contribution in [0.2, 0.25) is 0 Å². The zero-order chi connectivity index (χ0) is 13.0. The highest BCUT2D eigenvalue weighted by atomic mass is 16.3. The molecule has 1 amide bonds. The molecule has 0 aliphatic carbocycles. The number of likely N-dealkylation sites (tertiary alicyclic amines) is 1. The third kappa shape index (κ3) is 3.68. The summed E-state index contributed by atoms with van der Waals surface area (Å²) in [5.41, 5.74) is 5.97. The summed E-state index contributed by atoms with van der Waals surface area (Å²) in [4.78, 5) is 14.1. The maximum atomic E-state index is 12.3. The number of carbonyl (C=O) groups is 1. The van der Waals surface area contributed by atoms with Crippen LogP contribution in [-0.2, 0) is 4.79 Å². The minimum atomic E-state index is -0.390. The first-order chi connectivity index (χ1) is 7.99. The number of nitrogens with two attached hydrogens (primary N) is 1. The quantitative estimate of drug-likeness (QED) is 0.772. The summed E-state index contributed by atoms with van der Waals surface area (Å²) in [5, 5.41) is 9.65. The number of aliphatic hydroxyl groups excluding tert-OH is 1. The number of nitrogens with zero attached hydrogens (tertiary/aromatic N) is 1. The molecular formula is C13H26N2O2. The van der Waals surface area contributed by atoms with E-state index in [1.165, 1.54) is 0 Å². The molecule has 0 aromatic carbocycles. The molecule has 0 spiro atoms. The average molecular weight is 242 g/mol. The Morgan fingerprint density at radius 2 is 2.00 bits per heavy atom. The van der Waals surface area contributed by atoms with Crippen LogP contribution in [0.4, 0.5) is 0 Å². The lowest BCUT2D eigenvalue weighted by Gasteiger charge is -2.39. The molecule has 3 unspecified atom stereocenters. The smallest absolute Gasteiger partial charge is 0.225 e. The maximum Gasteiger partial charge on any atom is 0.225 e. The third-order valence-electron chi connectivity index (χ3n) is 3.84. The highest BCUT2D eigenvalue weighted by molar-refractivity contribution is 5.78. The topological polar surface area (TPSA) is 66.6 Å². The molecule has 3 N–H and O–H groups in total. The Bertz CT molecular complexity index is 252. The number of hydrogen-bond acceptors (Lipinski definition) is 3. The Balaban J connectivity index is 2.66. The van der Waals surface area contributed by atoms with Gasteiger partial charge in [-0.05, 0) is 26.2 Å². The van der Waals surface area contributed by atoms with Gasteiger partial charge in [0.05, 0.1) is 6.10 Å². The van der Waals surface area contributed by atoms with E-state index in [-0.39, 0.29) is 23.8 Å². The molecular weight excluding hydrogens is 216 g/mol. The van der Waals surface area contributed by atoms with Crippen molar-refractivity contribution in [2.75, 3.05) is 13.1 Å². The number of aliphatic hydroxyl groups is 1. The van der Waals surface area contributed by atoms with E-state index in [0.29, 0.717) is 13.1 Å². The second-order valence-electron chi connectivity index (χ2n) is 5.25. The van der Waals surface area contributed by atoms with Crippen molar-refractivity contribution >= 4 is 5.91 Å². The summed E-state index contributed by atoms with van der Waals surface area (Å²) >= 11 is 0.